The Bertz CT molecular complexity index is 1010. The first-order valence-corrected chi connectivity index (χ1v) is 9.61. The summed E-state index contributed by atoms with van der Waals surface area (Å²) in [5, 5.41) is 0. The Labute approximate surface area is 175 Å². The molecule has 0 amide bonds. The third-order valence-corrected chi connectivity index (χ3v) is 5.50. The van der Waals surface area contributed by atoms with Gasteiger partial charge in [0.1, 0.15) is 17.7 Å². The lowest BCUT2D eigenvalue weighted by molar-refractivity contribution is 0.00578. The number of nitrogens with zero attached hydrogens (tertiary/aromatic N) is 1. The molecule has 1 saturated heterocycles. The van der Waals surface area contributed by atoms with Crippen molar-refractivity contribution in [2.75, 3.05) is 0 Å². The quantitative estimate of drug-likeness (QED) is 0.410. The minimum absolute atomic E-state index is 0.0458. The second kappa shape index (κ2) is 7.77. The number of aromatic nitrogens is 1. The van der Waals surface area contributed by atoms with E-state index >= 15 is 0 Å². The number of hydrogen-bond donors (Lipinski definition) is 0. The normalized spacial score (nSPS) is 16.9. The lowest BCUT2D eigenvalue weighted by Gasteiger charge is -2.32. The zero-order valence-corrected chi connectivity index (χ0v) is 17.9. The maximum atomic E-state index is 11.8. The van der Waals surface area contributed by atoms with Crippen LogP contribution in [-0.2, 0) is 9.31 Å². The molecule has 0 bridgehead atoms. The predicted octanol–water partition coefficient (Wildman–Crippen LogP) is 3.39. The molecule has 2 aromatic rings. The standard InChI is InChI=1S/C22H24BNO6/c1-13(26)17-8-10-19(24-20(17)14(2)27)28-16-7-9-18(15(11-16)12-25)23-29-21(3,4)22(5,6)30-23/h7-12H,1-6H3. The zero-order chi connectivity index (χ0) is 22.3. The van der Waals surface area contributed by atoms with Crippen LogP contribution in [-0.4, -0.2) is 41.2 Å². The molecule has 156 valence electrons. The van der Waals surface area contributed by atoms with E-state index in [9.17, 15) is 14.4 Å². The molecule has 8 heteroatoms. The number of ether oxygens (including phenoxy) is 1. The van der Waals surface area contributed by atoms with Crippen LogP contribution in [0.1, 0.15) is 72.7 Å². The first kappa shape index (κ1) is 21.9. The number of hydrogen-bond acceptors (Lipinski definition) is 7. The Morgan fingerprint density at radius 3 is 2.17 bits per heavy atom. The number of Topliss-reactive ketones (excluding diaryl/α,β-unsaturated/α-hetero) is 2. The fourth-order valence-electron chi connectivity index (χ4n) is 3.07. The summed E-state index contributed by atoms with van der Waals surface area (Å²) in [7, 11) is -0.679. The van der Waals surface area contributed by atoms with Crippen LogP contribution in [0.15, 0.2) is 30.3 Å². The summed E-state index contributed by atoms with van der Waals surface area (Å²) < 4.78 is 17.8. The first-order valence-electron chi connectivity index (χ1n) is 9.61. The summed E-state index contributed by atoms with van der Waals surface area (Å²) >= 11 is 0. The summed E-state index contributed by atoms with van der Waals surface area (Å²) in [5.74, 6) is -0.0926. The summed E-state index contributed by atoms with van der Waals surface area (Å²) in [6.45, 7) is 10.5. The topological polar surface area (TPSA) is 91.8 Å². The van der Waals surface area contributed by atoms with Crippen LogP contribution in [0.5, 0.6) is 11.6 Å². The Kier molecular flexibility index (Phi) is 5.67. The number of pyridine rings is 1. The lowest BCUT2D eigenvalue weighted by atomic mass is 9.76. The third kappa shape index (κ3) is 4.06. The molecule has 0 saturated carbocycles. The monoisotopic (exact) mass is 409 g/mol. The summed E-state index contributed by atoms with van der Waals surface area (Å²) in [5.41, 5.74) is 0.180. The van der Waals surface area contributed by atoms with Gasteiger partial charge in [-0.15, -0.1) is 0 Å². The van der Waals surface area contributed by atoms with E-state index in [1.807, 2.05) is 27.7 Å². The number of rotatable bonds is 6. The molecule has 7 nitrogen and oxygen atoms in total. The molecule has 0 spiro atoms. The molecular formula is C22H24BNO6. The van der Waals surface area contributed by atoms with E-state index in [-0.39, 0.29) is 28.7 Å². The van der Waals surface area contributed by atoms with Crippen molar-refractivity contribution < 1.29 is 28.4 Å². The minimum atomic E-state index is -0.679. The van der Waals surface area contributed by atoms with Gasteiger partial charge in [0, 0.05) is 24.1 Å². The van der Waals surface area contributed by atoms with E-state index < -0.39 is 18.3 Å². The van der Waals surface area contributed by atoms with Gasteiger partial charge in [-0.3, -0.25) is 14.4 Å². The first-order chi connectivity index (χ1) is 13.9. The fourth-order valence-corrected chi connectivity index (χ4v) is 3.07. The van der Waals surface area contributed by atoms with E-state index in [4.69, 9.17) is 14.0 Å². The average Bonchev–Trinajstić information content (AvgIpc) is 2.88. The highest BCUT2D eigenvalue weighted by Crippen LogP contribution is 2.37. The van der Waals surface area contributed by atoms with Gasteiger partial charge >= 0.3 is 7.12 Å². The summed E-state index contributed by atoms with van der Waals surface area (Å²) in [4.78, 5) is 39.4. The molecule has 3 rings (SSSR count). The van der Waals surface area contributed by atoms with Crippen molar-refractivity contribution >= 4 is 30.4 Å². The highest BCUT2D eigenvalue weighted by Gasteiger charge is 2.52. The van der Waals surface area contributed by atoms with Gasteiger partial charge in [-0.2, -0.15) is 0 Å². The molecule has 1 aliphatic rings. The van der Waals surface area contributed by atoms with Gasteiger partial charge in [0.05, 0.1) is 11.2 Å². The van der Waals surface area contributed by atoms with Crippen molar-refractivity contribution in [2.24, 2.45) is 0 Å². The van der Waals surface area contributed by atoms with E-state index in [0.29, 0.717) is 23.1 Å². The van der Waals surface area contributed by atoms with Crippen molar-refractivity contribution in [1.82, 2.24) is 4.98 Å². The van der Waals surface area contributed by atoms with Crippen LogP contribution >= 0.6 is 0 Å². The minimum Gasteiger partial charge on any atom is -0.439 e. The molecule has 0 unspecified atom stereocenters. The summed E-state index contributed by atoms with van der Waals surface area (Å²) in [6, 6.07) is 7.94. The van der Waals surface area contributed by atoms with Gasteiger partial charge in [0.2, 0.25) is 5.88 Å². The molecule has 2 heterocycles. The van der Waals surface area contributed by atoms with Crippen molar-refractivity contribution in [2.45, 2.75) is 52.7 Å². The number of aldehydes is 1. The molecule has 0 N–H and O–H groups in total. The van der Waals surface area contributed by atoms with Gasteiger partial charge in [0.25, 0.3) is 0 Å². The van der Waals surface area contributed by atoms with E-state index in [0.717, 1.165) is 0 Å². The van der Waals surface area contributed by atoms with Crippen molar-refractivity contribution in [3.8, 4) is 11.6 Å². The van der Waals surface area contributed by atoms with Crippen LogP contribution in [0, 0.1) is 0 Å². The zero-order valence-electron chi connectivity index (χ0n) is 17.9. The molecule has 1 aromatic heterocycles. The smallest absolute Gasteiger partial charge is 0.439 e. The van der Waals surface area contributed by atoms with Gasteiger partial charge in [-0.1, -0.05) is 6.07 Å². The Morgan fingerprint density at radius 2 is 1.63 bits per heavy atom. The summed E-state index contributed by atoms with van der Waals surface area (Å²) in [6.07, 6.45) is 0.709. The molecule has 1 aliphatic heterocycles. The third-order valence-electron chi connectivity index (χ3n) is 5.50. The van der Waals surface area contributed by atoms with E-state index in [1.54, 1.807) is 18.2 Å². The highest BCUT2D eigenvalue weighted by atomic mass is 16.7. The molecule has 0 aliphatic carbocycles. The van der Waals surface area contributed by atoms with Crippen molar-refractivity contribution in [3.63, 3.8) is 0 Å². The predicted molar refractivity (Wildman–Crippen MR) is 112 cm³/mol. The molecular weight excluding hydrogens is 385 g/mol. The molecule has 1 fully saturated rings. The second-order valence-electron chi connectivity index (χ2n) is 8.26. The van der Waals surface area contributed by atoms with Gasteiger partial charge < -0.3 is 14.0 Å². The van der Waals surface area contributed by atoms with Gasteiger partial charge in [-0.25, -0.2) is 4.98 Å². The molecule has 30 heavy (non-hydrogen) atoms. The van der Waals surface area contributed by atoms with Crippen molar-refractivity contribution in [3.05, 3.63) is 47.2 Å². The van der Waals surface area contributed by atoms with Crippen LogP contribution < -0.4 is 10.2 Å². The second-order valence-corrected chi connectivity index (χ2v) is 8.26. The maximum Gasteiger partial charge on any atom is 0.495 e. The van der Waals surface area contributed by atoms with Crippen molar-refractivity contribution in [1.29, 1.82) is 0 Å². The van der Waals surface area contributed by atoms with E-state index in [2.05, 4.69) is 4.98 Å². The largest absolute Gasteiger partial charge is 0.495 e. The Morgan fingerprint density at radius 1 is 1.00 bits per heavy atom. The van der Waals surface area contributed by atoms with Crippen LogP contribution in [0.2, 0.25) is 0 Å². The Balaban J connectivity index is 1.89. The van der Waals surface area contributed by atoms with Crippen LogP contribution in [0.4, 0.5) is 0 Å². The Hall–Kier alpha value is -2.84. The highest BCUT2D eigenvalue weighted by molar-refractivity contribution is 6.63. The van der Waals surface area contributed by atoms with E-state index in [1.165, 1.54) is 26.0 Å². The van der Waals surface area contributed by atoms with Crippen LogP contribution in [0.25, 0.3) is 0 Å². The molecule has 0 atom stereocenters. The number of carbonyl (C=O) groups is 3. The number of ketones is 2. The van der Waals surface area contributed by atoms with Gasteiger partial charge in [0.15, 0.2) is 11.6 Å². The number of carbonyl (C=O) groups excluding carboxylic acids is 3. The molecule has 0 radical (unpaired) electrons. The average molecular weight is 409 g/mol. The fraction of sp³-hybridized carbons (Fsp3) is 0.364. The lowest BCUT2D eigenvalue weighted by Crippen LogP contribution is -2.41. The maximum absolute atomic E-state index is 11.8. The van der Waals surface area contributed by atoms with Crippen LogP contribution in [0.3, 0.4) is 0 Å². The number of benzene rings is 1. The molecule has 1 aromatic carbocycles. The van der Waals surface area contributed by atoms with Gasteiger partial charge in [-0.05, 0) is 58.3 Å². The SMILES string of the molecule is CC(=O)c1ccc(Oc2ccc(B3OC(C)(C)C(C)(C)O3)c(C=O)c2)nc1C(C)=O.